The van der Waals surface area contributed by atoms with Crippen LogP contribution in [0, 0.1) is 11.3 Å². The van der Waals surface area contributed by atoms with E-state index < -0.39 is 0 Å². The molecule has 0 bridgehead atoms. The Bertz CT molecular complexity index is 475. The van der Waals surface area contributed by atoms with Crippen molar-refractivity contribution in [1.82, 2.24) is 5.32 Å². The number of amides is 2. The lowest BCUT2D eigenvalue weighted by molar-refractivity contribution is -0.114. The van der Waals surface area contributed by atoms with Gasteiger partial charge in [-0.05, 0) is 12.1 Å². The number of nitrogens with one attached hydrogen (secondary N) is 2. The first kappa shape index (κ1) is 11.7. The van der Waals surface area contributed by atoms with Gasteiger partial charge in [-0.25, -0.2) is 0 Å². The third-order valence-corrected chi connectivity index (χ3v) is 1.96. The highest BCUT2D eigenvalue weighted by atomic mass is 16.2. The fourth-order valence-corrected chi connectivity index (χ4v) is 1.29. The molecule has 0 aliphatic carbocycles. The van der Waals surface area contributed by atoms with Crippen molar-refractivity contribution in [3.05, 3.63) is 29.3 Å². The van der Waals surface area contributed by atoms with Gasteiger partial charge in [0.2, 0.25) is 5.91 Å². The van der Waals surface area contributed by atoms with Crippen LogP contribution in [0.5, 0.6) is 0 Å². The molecule has 82 valence electrons. The summed E-state index contributed by atoms with van der Waals surface area (Å²) >= 11 is 0. The molecule has 0 radical (unpaired) electrons. The lowest BCUT2D eigenvalue weighted by atomic mass is 10.1. The normalized spacial score (nSPS) is 9.06. The number of rotatable bonds is 2. The third-order valence-electron chi connectivity index (χ3n) is 1.96. The predicted octanol–water partition coefficient (Wildman–Crippen LogP) is 0.876. The van der Waals surface area contributed by atoms with E-state index in [9.17, 15) is 9.59 Å². The standard InChI is InChI=1S/C11H11N3O2/c1-7(15)14-10-5-3-4-8(9(10)6-12)11(16)13-2/h3-5H,1-2H3,(H,13,16)(H,14,15). The predicted molar refractivity (Wildman–Crippen MR) is 58.9 cm³/mol. The van der Waals surface area contributed by atoms with Crippen molar-refractivity contribution in [2.75, 3.05) is 12.4 Å². The van der Waals surface area contributed by atoms with E-state index in [0.717, 1.165) is 0 Å². The maximum absolute atomic E-state index is 11.5. The first-order valence-electron chi connectivity index (χ1n) is 4.63. The molecule has 5 nitrogen and oxygen atoms in total. The summed E-state index contributed by atoms with van der Waals surface area (Å²) in [5, 5.41) is 13.9. The van der Waals surface area contributed by atoms with Crippen LogP contribution >= 0.6 is 0 Å². The molecule has 0 aliphatic rings. The van der Waals surface area contributed by atoms with E-state index in [1.807, 2.05) is 6.07 Å². The number of anilines is 1. The second-order valence-corrected chi connectivity index (χ2v) is 3.10. The van der Waals surface area contributed by atoms with Crippen LogP contribution in [-0.4, -0.2) is 18.9 Å². The summed E-state index contributed by atoms with van der Waals surface area (Å²) in [5.41, 5.74) is 0.754. The molecule has 0 saturated carbocycles. The van der Waals surface area contributed by atoms with Gasteiger partial charge in [-0.15, -0.1) is 0 Å². The molecule has 0 aromatic heterocycles. The summed E-state index contributed by atoms with van der Waals surface area (Å²) in [7, 11) is 1.48. The molecule has 1 aromatic rings. The SMILES string of the molecule is CNC(=O)c1cccc(NC(C)=O)c1C#N. The fraction of sp³-hybridized carbons (Fsp3) is 0.182. The molecular formula is C11H11N3O2. The Morgan fingerprint density at radius 1 is 1.38 bits per heavy atom. The summed E-state index contributed by atoms with van der Waals surface area (Å²) in [6.45, 7) is 1.34. The van der Waals surface area contributed by atoms with E-state index in [2.05, 4.69) is 10.6 Å². The maximum Gasteiger partial charge on any atom is 0.252 e. The number of carbonyl (C=O) groups excluding carboxylic acids is 2. The van der Waals surface area contributed by atoms with E-state index in [1.165, 1.54) is 20.0 Å². The van der Waals surface area contributed by atoms with Gasteiger partial charge in [-0.1, -0.05) is 6.07 Å². The van der Waals surface area contributed by atoms with Gasteiger partial charge in [-0.3, -0.25) is 9.59 Å². The van der Waals surface area contributed by atoms with Crippen molar-refractivity contribution in [3.8, 4) is 6.07 Å². The van der Waals surface area contributed by atoms with Crippen molar-refractivity contribution in [2.45, 2.75) is 6.92 Å². The van der Waals surface area contributed by atoms with Crippen LogP contribution in [0.15, 0.2) is 18.2 Å². The molecular weight excluding hydrogens is 206 g/mol. The van der Waals surface area contributed by atoms with E-state index in [-0.39, 0.29) is 22.9 Å². The van der Waals surface area contributed by atoms with Gasteiger partial charge in [0, 0.05) is 14.0 Å². The van der Waals surface area contributed by atoms with Crippen LogP contribution in [0.3, 0.4) is 0 Å². The Morgan fingerprint density at radius 3 is 2.56 bits per heavy atom. The lowest BCUT2D eigenvalue weighted by Crippen LogP contribution is -2.20. The molecule has 1 aromatic carbocycles. The van der Waals surface area contributed by atoms with Gasteiger partial charge in [-0.2, -0.15) is 5.26 Å². The molecule has 0 aliphatic heterocycles. The average molecular weight is 217 g/mol. The molecule has 0 atom stereocenters. The summed E-state index contributed by atoms with van der Waals surface area (Å²) in [4.78, 5) is 22.4. The average Bonchev–Trinajstić information content (AvgIpc) is 2.27. The summed E-state index contributed by atoms with van der Waals surface area (Å²) in [6, 6.07) is 6.62. The van der Waals surface area contributed by atoms with Crippen molar-refractivity contribution < 1.29 is 9.59 Å². The highest BCUT2D eigenvalue weighted by Gasteiger charge is 2.13. The minimum Gasteiger partial charge on any atom is -0.355 e. The van der Waals surface area contributed by atoms with E-state index in [4.69, 9.17) is 5.26 Å². The second-order valence-electron chi connectivity index (χ2n) is 3.10. The van der Waals surface area contributed by atoms with E-state index >= 15 is 0 Å². The first-order chi connectivity index (χ1) is 7.60. The number of benzene rings is 1. The van der Waals surface area contributed by atoms with Crippen LogP contribution in [0.25, 0.3) is 0 Å². The van der Waals surface area contributed by atoms with Crippen molar-refractivity contribution >= 4 is 17.5 Å². The topological polar surface area (TPSA) is 82.0 Å². The number of nitriles is 1. The molecule has 0 fully saturated rings. The Balaban J connectivity index is 3.27. The Kier molecular flexibility index (Phi) is 3.62. The smallest absolute Gasteiger partial charge is 0.252 e. The summed E-state index contributed by atoms with van der Waals surface area (Å²) in [5.74, 6) is -0.644. The Morgan fingerprint density at radius 2 is 2.06 bits per heavy atom. The fourth-order valence-electron chi connectivity index (χ4n) is 1.29. The van der Waals surface area contributed by atoms with Gasteiger partial charge in [0.25, 0.3) is 5.91 Å². The minimum atomic E-state index is -0.358. The summed E-state index contributed by atoms with van der Waals surface area (Å²) < 4.78 is 0. The van der Waals surface area contributed by atoms with Crippen LogP contribution in [-0.2, 0) is 4.79 Å². The first-order valence-corrected chi connectivity index (χ1v) is 4.63. The van der Waals surface area contributed by atoms with Gasteiger partial charge in [0.15, 0.2) is 0 Å². The zero-order chi connectivity index (χ0) is 12.1. The van der Waals surface area contributed by atoms with Crippen molar-refractivity contribution in [3.63, 3.8) is 0 Å². The van der Waals surface area contributed by atoms with E-state index in [0.29, 0.717) is 5.69 Å². The van der Waals surface area contributed by atoms with Crippen molar-refractivity contribution in [1.29, 1.82) is 5.26 Å². The minimum absolute atomic E-state index is 0.164. The Hall–Kier alpha value is -2.35. The zero-order valence-corrected chi connectivity index (χ0v) is 9.00. The molecule has 0 saturated heterocycles. The maximum atomic E-state index is 11.5. The van der Waals surface area contributed by atoms with E-state index in [1.54, 1.807) is 12.1 Å². The lowest BCUT2D eigenvalue weighted by Gasteiger charge is -2.08. The van der Waals surface area contributed by atoms with Crippen molar-refractivity contribution in [2.24, 2.45) is 0 Å². The second kappa shape index (κ2) is 4.94. The molecule has 1 rings (SSSR count). The molecule has 5 heteroatoms. The van der Waals surface area contributed by atoms with Crippen LogP contribution in [0.1, 0.15) is 22.8 Å². The zero-order valence-electron chi connectivity index (χ0n) is 9.00. The highest BCUT2D eigenvalue weighted by molar-refractivity contribution is 6.00. The number of hydrogen-bond acceptors (Lipinski definition) is 3. The monoisotopic (exact) mass is 217 g/mol. The highest BCUT2D eigenvalue weighted by Crippen LogP contribution is 2.18. The number of nitrogens with zero attached hydrogens (tertiary/aromatic N) is 1. The number of carbonyl (C=O) groups is 2. The largest absolute Gasteiger partial charge is 0.355 e. The van der Waals surface area contributed by atoms with Gasteiger partial charge in [0.05, 0.1) is 16.8 Å². The quantitative estimate of drug-likeness (QED) is 0.771. The molecule has 0 heterocycles. The molecule has 16 heavy (non-hydrogen) atoms. The van der Waals surface area contributed by atoms with Crippen LogP contribution in [0.4, 0.5) is 5.69 Å². The third kappa shape index (κ3) is 2.36. The Labute approximate surface area is 93.1 Å². The van der Waals surface area contributed by atoms with Gasteiger partial charge < -0.3 is 10.6 Å². The molecule has 2 amide bonds. The van der Waals surface area contributed by atoms with Crippen LogP contribution in [0.2, 0.25) is 0 Å². The molecule has 0 spiro atoms. The molecule has 0 unspecified atom stereocenters. The molecule has 2 N–H and O–H groups in total. The van der Waals surface area contributed by atoms with Crippen LogP contribution < -0.4 is 10.6 Å². The van der Waals surface area contributed by atoms with Gasteiger partial charge >= 0.3 is 0 Å². The number of hydrogen-bond donors (Lipinski definition) is 2. The summed E-state index contributed by atoms with van der Waals surface area (Å²) in [6.07, 6.45) is 0. The van der Waals surface area contributed by atoms with Gasteiger partial charge in [0.1, 0.15) is 6.07 Å².